The molecular formula is C17H18N6O2. The smallest absolute Gasteiger partial charge is 0.267 e. The number of nitrogens with one attached hydrogen (secondary N) is 1. The van der Waals surface area contributed by atoms with Crippen molar-refractivity contribution in [1.82, 2.24) is 24.5 Å². The standard InChI is InChI=1S/C17H18N6O2/c1-11-10-12(2)22(20-11)15-7-8-16(24)23(21-15)13(3)17(25)19-14-6-4-5-9-18-14/h4-10,13H,1-3H3,(H,18,19,25). The maximum Gasteiger partial charge on any atom is 0.267 e. The van der Waals surface area contributed by atoms with Gasteiger partial charge in [-0.1, -0.05) is 6.07 Å². The minimum Gasteiger partial charge on any atom is -0.309 e. The van der Waals surface area contributed by atoms with E-state index in [1.807, 2.05) is 19.9 Å². The van der Waals surface area contributed by atoms with Gasteiger partial charge in [-0.2, -0.15) is 5.10 Å². The summed E-state index contributed by atoms with van der Waals surface area (Å²) < 4.78 is 2.78. The fourth-order valence-corrected chi connectivity index (χ4v) is 2.44. The molecule has 1 unspecified atom stereocenters. The van der Waals surface area contributed by atoms with Gasteiger partial charge in [0.25, 0.3) is 5.56 Å². The van der Waals surface area contributed by atoms with Crippen molar-refractivity contribution in [3.8, 4) is 5.82 Å². The van der Waals surface area contributed by atoms with Gasteiger partial charge in [0.1, 0.15) is 11.9 Å². The molecule has 0 spiro atoms. The van der Waals surface area contributed by atoms with Crippen molar-refractivity contribution in [1.29, 1.82) is 0 Å². The third-order valence-corrected chi connectivity index (χ3v) is 3.70. The molecule has 25 heavy (non-hydrogen) atoms. The summed E-state index contributed by atoms with van der Waals surface area (Å²) in [6.45, 7) is 5.38. The number of nitrogens with zero attached hydrogens (tertiary/aromatic N) is 5. The average molecular weight is 338 g/mol. The van der Waals surface area contributed by atoms with Crippen LogP contribution in [0.5, 0.6) is 0 Å². The first kappa shape index (κ1) is 16.6. The monoisotopic (exact) mass is 338 g/mol. The number of carbonyl (C=O) groups is 1. The topological polar surface area (TPSA) is 94.7 Å². The molecule has 128 valence electrons. The predicted molar refractivity (Wildman–Crippen MR) is 92.7 cm³/mol. The third-order valence-electron chi connectivity index (χ3n) is 3.70. The Hall–Kier alpha value is -3.29. The maximum atomic E-state index is 12.4. The molecule has 0 fully saturated rings. The molecule has 0 aromatic carbocycles. The Balaban J connectivity index is 1.91. The minimum atomic E-state index is -0.800. The van der Waals surface area contributed by atoms with Crippen LogP contribution in [0.3, 0.4) is 0 Å². The van der Waals surface area contributed by atoms with E-state index in [4.69, 9.17) is 0 Å². The zero-order chi connectivity index (χ0) is 18.0. The Morgan fingerprint density at radius 1 is 1.16 bits per heavy atom. The van der Waals surface area contributed by atoms with Crippen LogP contribution in [0.4, 0.5) is 5.82 Å². The Bertz CT molecular complexity index is 961. The number of aryl methyl sites for hydroxylation is 2. The Kier molecular flexibility index (Phi) is 4.42. The average Bonchev–Trinajstić information content (AvgIpc) is 2.94. The highest BCUT2D eigenvalue weighted by molar-refractivity contribution is 5.92. The Morgan fingerprint density at radius 3 is 2.60 bits per heavy atom. The predicted octanol–water partition coefficient (Wildman–Crippen LogP) is 1.64. The number of hydrogen-bond donors (Lipinski definition) is 1. The second-order valence-electron chi connectivity index (χ2n) is 5.69. The summed E-state index contributed by atoms with van der Waals surface area (Å²) in [5, 5.41) is 11.3. The molecule has 0 saturated heterocycles. The number of rotatable bonds is 4. The number of aromatic nitrogens is 5. The Morgan fingerprint density at radius 2 is 1.96 bits per heavy atom. The second kappa shape index (κ2) is 6.68. The van der Waals surface area contributed by atoms with Crippen LogP contribution >= 0.6 is 0 Å². The molecule has 3 rings (SSSR count). The summed E-state index contributed by atoms with van der Waals surface area (Å²) in [6.07, 6.45) is 1.58. The van der Waals surface area contributed by atoms with Gasteiger partial charge in [-0.25, -0.2) is 14.3 Å². The molecule has 0 bridgehead atoms. The SMILES string of the molecule is Cc1cc(C)n(-c2ccc(=O)n(C(C)C(=O)Nc3ccccn3)n2)n1. The van der Waals surface area contributed by atoms with Crippen molar-refractivity contribution in [2.24, 2.45) is 0 Å². The molecule has 0 aliphatic rings. The molecule has 1 N–H and O–H groups in total. The van der Waals surface area contributed by atoms with Crippen molar-refractivity contribution in [2.75, 3.05) is 5.32 Å². The summed E-state index contributed by atoms with van der Waals surface area (Å²) in [5.41, 5.74) is 1.37. The highest BCUT2D eigenvalue weighted by Gasteiger charge is 2.19. The lowest BCUT2D eigenvalue weighted by atomic mass is 10.3. The molecule has 0 aliphatic heterocycles. The van der Waals surface area contributed by atoms with E-state index in [1.54, 1.807) is 42.1 Å². The molecule has 1 atom stereocenters. The lowest BCUT2D eigenvalue weighted by molar-refractivity contribution is -0.119. The molecular weight excluding hydrogens is 320 g/mol. The molecule has 0 saturated carbocycles. The van der Waals surface area contributed by atoms with E-state index in [0.29, 0.717) is 11.6 Å². The van der Waals surface area contributed by atoms with Gasteiger partial charge in [-0.3, -0.25) is 9.59 Å². The van der Waals surface area contributed by atoms with Gasteiger partial charge in [0.05, 0.1) is 5.69 Å². The van der Waals surface area contributed by atoms with Gasteiger partial charge in [0.15, 0.2) is 5.82 Å². The summed E-state index contributed by atoms with van der Waals surface area (Å²) in [5.74, 6) is 0.517. The van der Waals surface area contributed by atoms with Crippen molar-refractivity contribution in [3.05, 3.63) is 64.3 Å². The third kappa shape index (κ3) is 3.47. The van der Waals surface area contributed by atoms with Crippen LogP contribution in [-0.4, -0.2) is 30.5 Å². The lowest BCUT2D eigenvalue weighted by Gasteiger charge is -2.14. The summed E-state index contributed by atoms with van der Waals surface area (Å²) >= 11 is 0. The lowest BCUT2D eigenvalue weighted by Crippen LogP contribution is -2.34. The zero-order valence-electron chi connectivity index (χ0n) is 14.2. The first-order valence-corrected chi connectivity index (χ1v) is 7.81. The van der Waals surface area contributed by atoms with E-state index >= 15 is 0 Å². The largest absolute Gasteiger partial charge is 0.309 e. The van der Waals surface area contributed by atoms with Crippen LogP contribution in [0, 0.1) is 13.8 Å². The minimum absolute atomic E-state index is 0.367. The van der Waals surface area contributed by atoms with Gasteiger partial charge in [0.2, 0.25) is 5.91 Å². The summed E-state index contributed by atoms with van der Waals surface area (Å²) in [7, 11) is 0. The van der Waals surface area contributed by atoms with Crippen molar-refractivity contribution >= 4 is 11.7 Å². The molecule has 0 radical (unpaired) electrons. The number of amides is 1. The Labute approximate surface area is 144 Å². The van der Waals surface area contributed by atoms with Crippen molar-refractivity contribution in [2.45, 2.75) is 26.8 Å². The molecule has 8 nitrogen and oxygen atoms in total. The molecule has 8 heteroatoms. The first-order valence-electron chi connectivity index (χ1n) is 7.81. The van der Waals surface area contributed by atoms with Gasteiger partial charge in [0, 0.05) is 18.0 Å². The summed E-state index contributed by atoms with van der Waals surface area (Å²) in [6, 6.07) is 9.27. The number of hydrogen-bond acceptors (Lipinski definition) is 5. The van der Waals surface area contributed by atoms with E-state index in [1.165, 1.54) is 6.07 Å². The fourth-order valence-electron chi connectivity index (χ4n) is 2.44. The van der Waals surface area contributed by atoms with Crippen molar-refractivity contribution < 1.29 is 4.79 Å². The highest BCUT2D eigenvalue weighted by Crippen LogP contribution is 2.11. The zero-order valence-corrected chi connectivity index (χ0v) is 14.2. The number of carbonyl (C=O) groups excluding carboxylic acids is 1. The van der Waals surface area contributed by atoms with E-state index in [-0.39, 0.29) is 11.5 Å². The summed E-state index contributed by atoms with van der Waals surface area (Å²) in [4.78, 5) is 28.6. The van der Waals surface area contributed by atoms with Gasteiger partial charge < -0.3 is 5.32 Å². The fraction of sp³-hybridized carbons (Fsp3) is 0.235. The molecule has 3 heterocycles. The van der Waals surface area contributed by atoms with Gasteiger partial charge in [-0.05, 0) is 45.0 Å². The quantitative estimate of drug-likeness (QED) is 0.780. The van der Waals surface area contributed by atoms with Crippen LogP contribution in [0.1, 0.15) is 24.4 Å². The van der Waals surface area contributed by atoms with Crippen LogP contribution < -0.4 is 10.9 Å². The second-order valence-corrected chi connectivity index (χ2v) is 5.69. The van der Waals surface area contributed by atoms with E-state index in [2.05, 4.69) is 20.5 Å². The van der Waals surface area contributed by atoms with Gasteiger partial charge >= 0.3 is 0 Å². The number of anilines is 1. The van der Waals surface area contributed by atoms with Crippen LogP contribution in [-0.2, 0) is 4.79 Å². The van der Waals surface area contributed by atoms with E-state index < -0.39 is 6.04 Å². The molecule has 0 aliphatic carbocycles. The van der Waals surface area contributed by atoms with Crippen LogP contribution in [0.15, 0.2) is 47.4 Å². The molecule has 1 amide bonds. The normalized spacial score (nSPS) is 12.0. The van der Waals surface area contributed by atoms with E-state index in [9.17, 15) is 9.59 Å². The molecule has 3 aromatic rings. The molecule has 3 aromatic heterocycles. The highest BCUT2D eigenvalue weighted by atomic mass is 16.2. The van der Waals surface area contributed by atoms with Crippen LogP contribution in [0.25, 0.3) is 5.82 Å². The van der Waals surface area contributed by atoms with Crippen LogP contribution in [0.2, 0.25) is 0 Å². The first-order chi connectivity index (χ1) is 12.0. The van der Waals surface area contributed by atoms with Crippen molar-refractivity contribution in [3.63, 3.8) is 0 Å². The number of pyridine rings is 1. The maximum absolute atomic E-state index is 12.4. The van der Waals surface area contributed by atoms with E-state index in [0.717, 1.165) is 16.1 Å². The van der Waals surface area contributed by atoms with Gasteiger partial charge in [-0.15, -0.1) is 5.10 Å².